The van der Waals surface area contributed by atoms with Crippen molar-refractivity contribution >= 4 is 45.0 Å². The highest BCUT2D eigenvalue weighted by Gasteiger charge is 2.30. The Labute approximate surface area is 129 Å². The molecular weight excluding hydrogens is 375 g/mol. The lowest BCUT2D eigenvalue weighted by Crippen LogP contribution is -2.42. The van der Waals surface area contributed by atoms with Crippen molar-refractivity contribution in [2.24, 2.45) is 0 Å². The van der Waals surface area contributed by atoms with Crippen LogP contribution in [-0.2, 0) is 4.79 Å². The summed E-state index contributed by atoms with van der Waals surface area (Å²) in [4.78, 5) is 16.2. The van der Waals surface area contributed by atoms with E-state index in [-0.39, 0.29) is 5.91 Å². The van der Waals surface area contributed by atoms with Crippen molar-refractivity contribution in [1.82, 2.24) is 4.98 Å². The molecule has 0 spiro atoms. The van der Waals surface area contributed by atoms with E-state index in [0.29, 0.717) is 10.9 Å². The molecule has 2 rings (SSSR count). The molecule has 2 aromatic rings. The number of ether oxygens (including phenoxy) is 1. The Balaban J connectivity index is 2.04. The van der Waals surface area contributed by atoms with Crippen LogP contribution < -0.4 is 10.1 Å². The van der Waals surface area contributed by atoms with E-state index in [4.69, 9.17) is 4.74 Å². The molecule has 0 aliphatic heterocycles. The van der Waals surface area contributed by atoms with Crippen molar-refractivity contribution in [3.8, 4) is 5.75 Å². The predicted molar refractivity (Wildman–Crippen MR) is 84.6 cm³/mol. The third-order valence-corrected chi connectivity index (χ3v) is 3.79. The van der Waals surface area contributed by atoms with Gasteiger partial charge in [0, 0.05) is 15.1 Å². The summed E-state index contributed by atoms with van der Waals surface area (Å²) in [5.74, 6) is 0.445. The Bertz CT molecular complexity index is 553. The van der Waals surface area contributed by atoms with Crippen LogP contribution in [0.3, 0.4) is 0 Å². The summed E-state index contributed by atoms with van der Waals surface area (Å²) in [6.07, 6.45) is 1.65. The van der Waals surface area contributed by atoms with Gasteiger partial charge < -0.3 is 4.74 Å². The fourth-order valence-electron chi connectivity index (χ4n) is 1.38. The SMILES string of the molecule is CC(C)(Oc1ccc(I)cc1)C(=O)Nc1nccs1. The van der Waals surface area contributed by atoms with Gasteiger partial charge in [-0.25, -0.2) is 4.98 Å². The molecule has 100 valence electrons. The van der Waals surface area contributed by atoms with Crippen LogP contribution in [0, 0.1) is 3.57 Å². The van der Waals surface area contributed by atoms with Gasteiger partial charge in [0.25, 0.3) is 5.91 Å². The Kier molecular flexibility index (Phi) is 4.41. The average molecular weight is 388 g/mol. The van der Waals surface area contributed by atoms with Crippen LogP contribution in [-0.4, -0.2) is 16.5 Å². The molecule has 0 aliphatic carbocycles. The van der Waals surface area contributed by atoms with Gasteiger partial charge in [-0.3, -0.25) is 10.1 Å². The summed E-state index contributed by atoms with van der Waals surface area (Å²) in [6.45, 7) is 3.46. The Morgan fingerprint density at radius 2 is 2.05 bits per heavy atom. The van der Waals surface area contributed by atoms with Gasteiger partial charge >= 0.3 is 0 Å². The maximum atomic E-state index is 12.1. The molecule has 0 radical (unpaired) electrons. The number of hydrogen-bond donors (Lipinski definition) is 1. The number of anilines is 1. The number of rotatable bonds is 4. The minimum absolute atomic E-state index is 0.221. The molecule has 0 fully saturated rings. The van der Waals surface area contributed by atoms with Gasteiger partial charge in [-0.2, -0.15) is 0 Å². The van der Waals surface area contributed by atoms with E-state index in [1.54, 1.807) is 20.0 Å². The topological polar surface area (TPSA) is 51.2 Å². The van der Waals surface area contributed by atoms with Crippen molar-refractivity contribution < 1.29 is 9.53 Å². The molecule has 6 heteroatoms. The highest BCUT2D eigenvalue weighted by molar-refractivity contribution is 14.1. The molecule has 0 unspecified atom stereocenters. The molecule has 1 N–H and O–H groups in total. The van der Waals surface area contributed by atoms with E-state index < -0.39 is 5.60 Å². The second-order valence-electron chi connectivity index (χ2n) is 4.36. The van der Waals surface area contributed by atoms with Crippen molar-refractivity contribution in [1.29, 1.82) is 0 Å². The standard InChI is InChI=1S/C13H13IN2O2S/c1-13(2,11(17)16-12-15-7-8-19-12)18-10-5-3-9(14)4-6-10/h3-8H,1-2H3,(H,15,16,17). The molecule has 4 nitrogen and oxygen atoms in total. The van der Waals surface area contributed by atoms with Gasteiger partial charge in [-0.1, -0.05) is 0 Å². The fraction of sp³-hybridized carbons (Fsp3) is 0.231. The zero-order valence-corrected chi connectivity index (χ0v) is 13.5. The normalized spacial score (nSPS) is 11.1. The zero-order valence-electron chi connectivity index (χ0n) is 10.5. The first-order valence-electron chi connectivity index (χ1n) is 5.63. The smallest absolute Gasteiger partial charge is 0.269 e. The van der Waals surface area contributed by atoms with Crippen molar-refractivity contribution in [2.45, 2.75) is 19.4 Å². The van der Waals surface area contributed by atoms with Gasteiger partial charge in [0.15, 0.2) is 10.7 Å². The molecule has 19 heavy (non-hydrogen) atoms. The summed E-state index contributed by atoms with van der Waals surface area (Å²) in [6, 6.07) is 7.57. The maximum Gasteiger partial charge on any atom is 0.269 e. The fourth-order valence-corrected chi connectivity index (χ4v) is 2.26. The molecule has 0 saturated carbocycles. The molecule has 0 saturated heterocycles. The van der Waals surface area contributed by atoms with Crippen LogP contribution in [0.4, 0.5) is 5.13 Å². The first kappa shape index (κ1) is 14.3. The summed E-state index contributed by atoms with van der Waals surface area (Å²) >= 11 is 3.60. The van der Waals surface area contributed by atoms with E-state index in [9.17, 15) is 4.79 Å². The highest BCUT2D eigenvalue weighted by atomic mass is 127. The van der Waals surface area contributed by atoms with Crippen LogP contribution in [0.2, 0.25) is 0 Å². The van der Waals surface area contributed by atoms with Gasteiger partial charge in [0.1, 0.15) is 5.75 Å². The predicted octanol–water partition coefficient (Wildman–Crippen LogP) is 3.54. The van der Waals surface area contributed by atoms with Crippen molar-refractivity contribution in [3.05, 3.63) is 39.4 Å². The van der Waals surface area contributed by atoms with Crippen molar-refractivity contribution in [3.63, 3.8) is 0 Å². The molecule has 1 aromatic heterocycles. The van der Waals surface area contributed by atoms with Crippen LogP contribution in [0.25, 0.3) is 0 Å². The number of nitrogens with zero attached hydrogens (tertiary/aromatic N) is 1. The summed E-state index contributed by atoms with van der Waals surface area (Å²) < 4.78 is 6.85. The lowest BCUT2D eigenvalue weighted by atomic mass is 10.1. The lowest BCUT2D eigenvalue weighted by molar-refractivity contribution is -0.128. The highest BCUT2D eigenvalue weighted by Crippen LogP contribution is 2.21. The van der Waals surface area contributed by atoms with Gasteiger partial charge in [-0.05, 0) is 60.7 Å². The number of aromatic nitrogens is 1. The molecule has 1 heterocycles. The summed E-state index contributed by atoms with van der Waals surface area (Å²) in [7, 11) is 0. The second-order valence-corrected chi connectivity index (χ2v) is 6.50. The number of thiazole rings is 1. The minimum atomic E-state index is -0.960. The van der Waals surface area contributed by atoms with E-state index in [1.165, 1.54) is 11.3 Å². The van der Waals surface area contributed by atoms with E-state index in [1.807, 2.05) is 29.6 Å². The van der Waals surface area contributed by atoms with E-state index in [0.717, 1.165) is 3.57 Å². The van der Waals surface area contributed by atoms with Crippen LogP contribution in [0.5, 0.6) is 5.75 Å². The monoisotopic (exact) mass is 388 g/mol. The number of amides is 1. The molecular formula is C13H13IN2O2S. The van der Waals surface area contributed by atoms with Crippen molar-refractivity contribution in [2.75, 3.05) is 5.32 Å². The molecule has 0 aliphatic rings. The number of hydrogen-bond acceptors (Lipinski definition) is 4. The first-order valence-corrected chi connectivity index (χ1v) is 7.59. The zero-order chi connectivity index (χ0) is 13.9. The first-order chi connectivity index (χ1) is 8.97. The Morgan fingerprint density at radius 3 is 2.63 bits per heavy atom. The van der Waals surface area contributed by atoms with Crippen LogP contribution in [0.15, 0.2) is 35.8 Å². The number of benzene rings is 1. The van der Waals surface area contributed by atoms with E-state index in [2.05, 4.69) is 32.9 Å². The minimum Gasteiger partial charge on any atom is -0.478 e. The number of halogens is 1. The molecule has 0 atom stereocenters. The molecule has 1 amide bonds. The summed E-state index contributed by atoms with van der Waals surface area (Å²) in [5, 5.41) is 5.12. The third-order valence-electron chi connectivity index (χ3n) is 2.39. The number of carbonyl (C=O) groups excluding carboxylic acids is 1. The Morgan fingerprint density at radius 1 is 1.37 bits per heavy atom. The number of nitrogens with one attached hydrogen (secondary N) is 1. The number of carbonyl (C=O) groups is 1. The molecule has 1 aromatic carbocycles. The Hall–Kier alpha value is -1.15. The van der Waals surface area contributed by atoms with Gasteiger partial charge in [-0.15, -0.1) is 11.3 Å². The average Bonchev–Trinajstić information content (AvgIpc) is 2.84. The second kappa shape index (κ2) is 5.87. The van der Waals surface area contributed by atoms with Gasteiger partial charge in [0.05, 0.1) is 0 Å². The van der Waals surface area contributed by atoms with Gasteiger partial charge in [0.2, 0.25) is 0 Å². The largest absolute Gasteiger partial charge is 0.478 e. The maximum absolute atomic E-state index is 12.1. The van der Waals surface area contributed by atoms with Crippen LogP contribution in [0.1, 0.15) is 13.8 Å². The lowest BCUT2D eigenvalue weighted by Gasteiger charge is -2.24. The summed E-state index contributed by atoms with van der Waals surface area (Å²) in [5.41, 5.74) is -0.960. The quantitative estimate of drug-likeness (QED) is 0.816. The third kappa shape index (κ3) is 3.90. The molecule has 0 bridgehead atoms. The van der Waals surface area contributed by atoms with Crippen LogP contribution >= 0.6 is 33.9 Å². The van der Waals surface area contributed by atoms with E-state index >= 15 is 0 Å².